The van der Waals surface area contributed by atoms with E-state index in [9.17, 15) is 0 Å². The van der Waals surface area contributed by atoms with E-state index < -0.39 is 0 Å². The molecule has 2 aliphatic carbocycles. The van der Waals surface area contributed by atoms with Crippen LogP contribution in [0.25, 0.3) is 94.6 Å². The summed E-state index contributed by atoms with van der Waals surface area (Å²) in [4.78, 5) is 0. The smallest absolute Gasteiger partial charge is 0.000115 e. The highest BCUT2D eigenvalue weighted by Crippen LogP contribution is 2.63. The molecule has 11 aromatic rings. The van der Waals surface area contributed by atoms with Crippen molar-refractivity contribution >= 4 is 27.9 Å². The Kier molecular flexibility index (Phi) is 11.0. The molecule has 0 nitrogen and oxygen atoms in total. The molecule has 0 heteroatoms. The summed E-state index contributed by atoms with van der Waals surface area (Å²) in [6.07, 6.45) is 0. The third-order valence-electron chi connectivity index (χ3n) is 14.5. The SMILES string of the molecule is c1ccc(C2=C(c3ccccc3)C(c3ccccc3-c3ccc(-c4ccccc4)cc3)=C3C2=C(c2ccccc2-c2ccc(-c4ccccc4)cc2)c2cc(-c4ccccc4)c(-c4ccccc4)cc23)cc1. The third kappa shape index (κ3) is 7.58. The zero-order valence-electron chi connectivity index (χ0n) is 39.7. The number of hydrogen-bond donors (Lipinski definition) is 0. The van der Waals surface area contributed by atoms with Gasteiger partial charge in [0.2, 0.25) is 0 Å². The summed E-state index contributed by atoms with van der Waals surface area (Å²) < 4.78 is 0. The molecule has 0 N–H and O–H groups in total. The second-order valence-electron chi connectivity index (χ2n) is 18.6. The molecular weight excluding hydrogens is 865 g/mol. The molecule has 72 heavy (non-hydrogen) atoms. The highest BCUT2D eigenvalue weighted by molar-refractivity contribution is 6.40. The largest absolute Gasteiger partial charge is 0.0622 e. The number of hydrogen-bond acceptors (Lipinski definition) is 0. The molecule has 0 radical (unpaired) electrons. The highest BCUT2D eigenvalue weighted by Gasteiger charge is 2.42. The molecule has 0 fully saturated rings. The van der Waals surface area contributed by atoms with Gasteiger partial charge in [-0.25, -0.2) is 0 Å². The lowest BCUT2D eigenvalue weighted by Crippen LogP contribution is -1.99. The maximum Gasteiger partial charge on any atom is -0.000115 e. The van der Waals surface area contributed by atoms with Gasteiger partial charge in [0, 0.05) is 0 Å². The van der Waals surface area contributed by atoms with Crippen LogP contribution in [0.2, 0.25) is 0 Å². The van der Waals surface area contributed by atoms with Gasteiger partial charge in [0.05, 0.1) is 0 Å². The lowest BCUT2D eigenvalue weighted by Gasteiger charge is -2.21. The van der Waals surface area contributed by atoms with Gasteiger partial charge in [0.15, 0.2) is 0 Å². The molecule has 336 valence electrons. The maximum atomic E-state index is 2.51. The van der Waals surface area contributed by atoms with E-state index in [0.717, 1.165) is 0 Å². The van der Waals surface area contributed by atoms with Gasteiger partial charge in [0.1, 0.15) is 0 Å². The summed E-state index contributed by atoms with van der Waals surface area (Å²) in [5.74, 6) is 0. The van der Waals surface area contributed by atoms with Crippen LogP contribution in [0.15, 0.2) is 297 Å². The van der Waals surface area contributed by atoms with Crippen LogP contribution in [0, 0.1) is 0 Å². The van der Waals surface area contributed by atoms with Gasteiger partial charge in [-0.3, -0.25) is 0 Å². The summed E-state index contributed by atoms with van der Waals surface area (Å²) >= 11 is 0. The normalized spacial score (nSPS) is 12.8. The fourth-order valence-electron chi connectivity index (χ4n) is 11.2. The van der Waals surface area contributed by atoms with Gasteiger partial charge in [-0.15, -0.1) is 0 Å². The average molecular weight is 913 g/mol. The molecule has 0 heterocycles. The Hall–Kier alpha value is -9.36. The van der Waals surface area contributed by atoms with E-state index in [1.165, 1.54) is 134 Å². The van der Waals surface area contributed by atoms with Crippen molar-refractivity contribution in [2.45, 2.75) is 0 Å². The maximum absolute atomic E-state index is 2.51. The Morgan fingerprint density at radius 1 is 0.111 bits per heavy atom. The van der Waals surface area contributed by atoms with Crippen LogP contribution in [0.3, 0.4) is 0 Å². The number of allylic oxidation sites excluding steroid dienone is 5. The molecule has 0 amide bonds. The third-order valence-corrected chi connectivity index (χ3v) is 14.5. The molecule has 0 bridgehead atoms. The monoisotopic (exact) mass is 912 g/mol. The minimum Gasteiger partial charge on any atom is -0.0622 e. The van der Waals surface area contributed by atoms with Crippen molar-refractivity contribution in [3.05, 3.63) is 330 Å². The summed E-state index contributed by atoms with van der Waals surface area (Å²) in [6, 6.07) is 107. The molecule has 11 aromatic carbocycles. The number of benzene rings is 11. The lowest BCUT2D eigenvalue weighted by atomic mass is 9.82. The van der Waals surface area contributed by atoms with Gasteiger partial charge >= 0.3 is 0 Å². The van der Waals surface area contributed by atoms with Crippen LogP contribution >= 0.6 is 0 Å². The van der Waals surface area contributed by atoms with E-state index in [1.54, 1.807) is 0 Å². The van der Waals surface area contributed by atoms with Crippen molar-refractivity contribution in [1.82, 2.24) is 0 Å². The molecular formula is C72H48. The van der Waals surface area contributed by atoms with Crippen molar-refractivity contribution in [2.75, 3.05) is 0 Å². The summed E-state index contributed by atoms with van der Waals surface area (Å²) in [6.45, 7) is 0. The zero-order valence-corrected chi connectivity index (χ0v) is 39.7. The summed E-state index contributed by atoms with van der Waals surface area (Å²) in [7, 11) is 0. The van der Waals surface area contributed by atoms with E-state index in [4.69, 9.17) is 0 Å². The first-order valence-electron chi connectivity index (χ1n) is 24.9. The van der Waals surface area contributed by atoms with Gasteiger partial charge in [-0.05, 0) is 146 Å². The Morgan fingerprint density at radius 2 is 0.347 bits per heavy atom. The van der Waals surface area contributed by atoms with Crippen molar-refractivity contribution < 1.29 is 0 Å². The van der Waals surface area contributed by atoms with E-state index in [1.807, 2.05) is 0 Å². The van der Waals surface area contributed by atoms with Crippen LogP contribution in [0.5, 0.6) is 0 Å². The Labute approximate surface area is 422 Å². The quantitative estimate of drug-likeness (QED) is 0.128. The molecule has 0 aromatic heterocycles. The van der Waals surface area contributed by atoms with Gasteiger partial charge in [-0.1, -0.05) is 279 Å². The first-order chi connectivity index (χ1) is 35.8. The van der Waals surface area contributed by atoms with Crippen LogP contribution in [-0.2, 0) is 0 Å². The Morgan fingerprint density at radius 3 is 0.736 bits per heavy atom. The average Bonchev–Trinajstić information content (AvgIpc) is 3.99. The first-order valence-corrected chi connectivity index (χ1v) is 24.9. The minimum absolute atomic E-state index is 1.18. The van der Waals surface area contributed by atoms with Gasteiger partial charge < -0.3 is 0 Å². The molecule has 0 aliphatic heterocycles. The Balaban J connectivity index is 1.16. The zero-order chi connectivity index (χ0) is 47.8. The van der Waals surface area contributed by atoms with E-state index >= 15 is 0 Å². The van der Waals surface area contributed by atoms with Crippen LogP contribution in [0.4, 0.5) is 0 Å². The minimum atomic E-state index is 1.18. The molecule has 13 rings (SSSR count). The topological polar surface area (TPSA) is 0 Å². The van der Waals surface area contributed by atoms with Crippen LogP contribution in [-0.4, -0.2) is 0 Å². The van der Waals surface area contributed by atoms with Crippen molar-refractivity contribution in [2.24, 2.45) is 0 Å². The highest BCUT2D eigenvalue weighted by atomic mass is 14.4. The second-order valence-corrected chi connectivity index (χ2v) is 18.6. The fourth-order valence-corrected chi connectivity index (χ4v) is 11.2. The predicted molar refractivity (Wildman–Crippen MR) is 304 cm³/mol. The first kappa shape index (κ1) is 42.7. The van der Waals surface area contributed by atoms with Crippen molar-refractivity contribution in [3.8, 4) is 66.8 Å². The van der Waals surface area contributed by atoms with Crippen molar-refractivity contribution in [1.29, 1.82) is 0 Å². The van der Waals surface area contributed by atoms with Gasteiger partial charge in [-0.2, -0.15) is 0 Å². The van der Waals surface area contributed by atoms with E-state index in [-0.39, 0.29) is 0 Å². The standard InChI is InChI=1S/C72H48/c1-7-23-49(24-8-1)51-39-43-55(44-40-51)59-35-19-21-37-61(59)69-65-47-63(53-27-11-3-12-28-53)64(54-29-13-4-14-30-54)48-66(65)71-70(67(57-31-15-5-16-32-57)68(72(69)71)58-33-17-6-18-34-58)62-38-22-20-36-60(62)56-45-41-52(42-46-56)50-25-9-2-10-26-50/h1-48H. The van der Waals surface area contributed by atoms with Crippen molar-refractivity contribution in [3.63, 3.8) is 0 Å². The number of fused-ring (bicyclic) bond motifs is 3. The van der Waals surface area contributed by atoms with Crippen LogP contribution < -0.4 is 0 Å². The summed E-state index contributed by atoms with van der Waals surface area (Å²) in [5, 5.41) is 0. The predicted octanol–water partition coefficient (Wildman–Crippen LogP) is 19.0. The summed E-state index contributed by atoms with van der Waals surface area (Å²) in [5.41, 5.74) is 29.1. The fraction of sp³-hybridized carbons (Fsp3) is 0. The molecule has 0 saturated carbocycles. The Bertz CT molecular complexity index is 3860. The van der Waals surface area contributed by atoms with Gasteiger partial charge in [0.25, 0.3) is 0 Å². The molecule has 2 aliphatic rings. The number of rotatable bonds is 10. The molecule has 0 saturated heterocycles. The van der Waals surface area contributed by atoms with Crippen LogP contribution in [0.1, 0.15) is 33.4 Å². The molecule has 0 atom stereocenters. The van der Waals surface area contributed by atoms with E-state index in [0.29, 0.717) is 0 Å². The second kappa shape index (κ2) is 18.5. The molecule has 0 unspecified atom stereocenters. The lowest BCUT2D eigenvalue weighted by molar-refractivity contribution is 1.50. The van der Waals surface area contributed by atoms with E-state index in [2.05, 4.69) is 291 Å². The molecule has 0 spiro atoms.